The van der Waals surface area contributed by atoms with Gasteiger partial charge in [0.2, 0.25) is 5.91 Å². The quantitative estimate of drug-likeness (QED) is 0.0273. The predicted octanol–water partition coefficient (Wildman–Crippen LogP) is 14.6. The molecule has 372 valence electrons. The van der Waals surface area contributed by atoms with Crippen molar-refractivity contribution in [2.75, 3.05) is 40.9 Å². The summed E-state index contributed by atoms with van der Waals surface area (Å²) in [5.74, 6) is -0.297. The summed E-state index contributed by atoms with van der Waals surface area (Å²) in [6.07, 6.45) is 67.5. The van der Waals surface area contributed by atoms with Crippen molar-refractivity contribution >= 4 is 13.7 Å². The van der Waals surface area contributed by atoms with Crippen molar-refractivity contribution < 1.29 is 32.9 Å². The smallest absolute Gasteiger partial charge is 0.268 e. The van der Waals surface area contributed by atoms with Crippen LogP contribution in [0.2, 0.25) is 0 Å². The van der Waals surface area contributed by atoms with Crippen LogP contribution < -0.4 is 10.2 Å². The van der Waals surface area contributed by atoms with Gasteiger partial charge in [-0.2, -0.15) is 0 Å². The lowest BCUT2D eigenvalue weighted by molar-refractivity contribution is -0.870. The molecule has 0 bridgehead atoms. The number of rotatable bonds is 45. The van der Waals surface area contributed by atoms with E-state index in [9.17, 15) is 19.4 Å². The van der Waals surface area contributed by atoms with Gasteiger partial charge in [0.1, 0.15) is 13.2 Å². The van der Waals surface area contributed by atoms with E-state index in [1.165, 1.54) is 96.3 Å². The molecule has 0 saturated carbocycles. The van der Waals surface area contributed by atoms with Gasteiger partial charge in [0.25, 0.3) is 7.82 Å². The Morgan fingerprint density at radius 1 is 0.554 bits per heavy atom. The number of amides is 1. The first kappa shape index (κ1) is 62.2. The maximum atomic E-state index is 12.9. The number of phosphoric ester groups is 1. The van der Waals surface area contributed by atoms with Gasteiger partial charge in [-0.3, -0.25) is 9.36 Å². The summed E-state index contributed by atoms with van der Waals surface area (Å²) in [5, 5.41) is 13.7. The second-order valence-electron chi connectivity index (χ2n) is 18.1. The van der Waals surface area contributed by atoms with Gasteiger partial charge in [0.15, 0.2) is 0 Å². The molecule has 0 fully saturated rings. The molecular formula is C56H97N2O6P. The lowest BCUT2D eigenvalue weighted by atomic mass is 10.0. The van der Waals surface area contributed by atoms with Crippen molar-refractivity contribution in [1.29, 1.82) is 0 Å². The number of aliphatic hydroxyl groups excluding tert-OH is 1. The fraction of sp³-hybridized carbons (Fsp3) is 0.661. The number of phosphoric acid groups is 1. The number of quaternary nitrogens is 1. The number of hydrogen-bond acceptors (Lipinski definition) is 6. The molecule has 0 aliphatic rings. The fourth-order valence-electron chi connectivity index (χ4n) is 6.68. The lowest BCUT2D eigenvalue weighted by Gasteiger charge is -2.29. The van der Waals surface area contributed by atoms with Crippen LogP contribution >= 0.6 is 7.82 Å². The minimum atomic E-state index is -4.63. The first-order chi connectivity index (χ1) is 31.5. The summed E-state index contributed by atoms with van der Waals surface area (Å²) in [6.45, 7) is 4.43. The molecule has 9 heteroatoms. The van der Waals surface area contributed by atoms with E-state index in [1.54, 1.807) is 6.08 Å². The molecule has 0 spiro atoms. The normalized spacial score (nSPS) is 15.0. The molecule has 0 aromatic rings. The topological polar surface area (TPSA) is 108 Å². The molecule has 2 N–H and O–H groups in total. The number of hydrogen-bond donors (Lipinski definition) is 2. The van der Waals surface area contributed by atoms with E-state index in [0.717, 1.165) is 57.8 Å². The number of carbonyl (C=O) groups is 1. The Balaban J connectivity index is 4.52. The van der Waals surface area contributed by atoms with Crippen molar-refractivity contribution in [2.45, 2.75) is 199 Å². The molecule has 0 rings (SSSR count). The largest absolute Gasteiger partial charge is 0.756 e. The standard InChI is InChI=1S/C56H97N2O6P/c1-6-8-10-12-14-16-18-20-22-24-26-27-28-29-30-32-33-35-37-39-41-43-45-47-49-55(59)54(53-64-65(61,62)63-52-51-58(3,4)5)57-56(60)50-48-46-44-42-40-38-36-34-31-25-23-21-19-17-15-13-11-9-7-2/h9,11,15,17,21,23,31-34,38-41,44,46-47,49,54-55,59H,6-8,10,12-14,16,18-20,22,24-30,35-37,42-43,45,48,50-53H2,1-5H3,(H-,57,60,61,62)/b11-9-,17-15-,23-21-,33-32+,34-31-,40-38-,41-39+,46-44-,49-47+. The third-order valence-corrected chi connectivity index (χ3v) is 11.7. The van der Waals surface area contributed by atoms with E-state index in [4.69, 9.17) is 9.05 Å². The number of aliphatic hydroxyl groups is 1. The van der Waals surface area contributed by atoms with E-state index in [-0.39, 0.29) is 18.9 Å². The highest BCUT2D eigenvalue weighted by Crippen LogP contribution is 2.38. The third kappa shape index (κ3) is 48.9. The molecule has 0 radical (unpaired) electrons. The molecule has 0 aliphatic carbocycles. The van der Waals surface area contributed by atoms with Crippen LogP contribution in [0.4, 0.5) is 0 Å². The average Bonchev–Trinajstić information content (AvgIpc) is 3.26. The number of carbonyl (C=O) groups excluding carboxylic acids is 1. The summed E-state index contributed by atoms with van der Waals surface area (Å²) in [6, 6.07) is -0.958. The van der Waals surface area contributed by atoms with Gasteiger partial charge in [0.05, 0.1) is 39.9 Å². The van der Waals surface area contributed by atoms with Crippen molar-refractivity contribution in [3.8, 4) is 0 Å². The zero-order valence-electron chi connectivity index (χ0n) is 42.1. The predicted molar refractivity (Wildman–Crippen MR) is 279 cm³/mol. The van der Waals surface area contributed by atoms with Crippen molar-refractivity contribution in [3.05, 3.63) is 109 Å². The molecule has 0 aromatic heterocycles. The fourth-order valence-corrected chi connectivity index (χ4v) is 7.40. The van der Waals surface area contributed by atoms with E-state index in [2.05, 4.69) is 104 Å². The summed E-state index contributed by atoms with van der Waals surface area (Å²) < 4.78 is 23.2. The molecule has 3 atom stereocenters. The van der Waals surface area contributed by atoms with Crippen LogP contribution in [0.5, 0.6) is 0 Å². The maximum absolute atomic E-state index is 12.9. The van der Waals surface area contributed by atoms with E-state index in [0.29, 0.717) is 23.9 Å². The van der Waals surface area contributed by atoms with Crippen LogP contribution in [-0.4, -0.2) is 68.5 Å². The highest BCUT2D eigenvalue weighted by atomic mass is 31.2. The summed E-state index contributed by atoms with van der Waals surface area (Å²) in [4.78, 5) is 25.4. The van der Waals surface area contributed by atoms with Crippen LogP contribution in [0.25, 0.3) is 0 Å². The molecule has 1 amide bonds. The number of nitrogens with one attached hydrogen (secondary N) is 1. The van der Waals surface area contributed by atoms with Crippen molar-refractivity contribution in [3.63, 3.8) is 0 Å². The number of allylic oxidation sites excluding steroid dienone is 17. The number of nitrogens with zero attached hydrogens (tertiary/aromatic N) is 1. The zero-order valence-corrected chi connectivity index (χ0v) is 43.0. The van der Waals surface area contributed by atoms with Gasteiger partial charge in [-0.25, -0.2) is 0 Å². The third-order valence-electron chi connectivity index (χ3n) is 10.7. The van der Waals surface area contributed by atoms with Crippen LogP contribution in [0.1, 0.15) is 187 Å². The van der Waals surface area contributed by atoms with Crippen molar-refractivity contribution in [1.82, 2.24) is 5.32 Å². The Morgan fingerprint density at radius 2 is 0.954 bits per heavy atom. The zero-order chi connectivity index (χ0) is 47.8. The molecule has 0 saturated heterocycles. The van der Waals surface area contributed by atoms with Gasteiger partial charge < -0.3 is 28.8 Å². The molecule has 0 aliphatic heterocycles. The molecule has 65 heavy (non-hydrogen) atoms. The lowest BCUT2D eigenvalue weighted by Crippen LogP contribution is -2.45. The number of unbranched alkanes of at least 4 members (excludes halogenated alkanes) is 16. The molecule has 3 unspecified atom stereocenters. The van der Waals surface area contributed by atoms with Gasteiger partial charge in [-0.15, -0.1) is 0 Å². The van der Waals surface area contributed by atoms with Crippen molar-refractivity contribution in [2.24, 2.45) is 0 Å². The van der Waals surface area contributed by atoms with E-state index < -0.39 is 26.6 Å². The molecule has 0 aromatic carbocycles. The van der Waals surface area contributed by atoms with Gasteiger partial charge in [0, 0.05) is 6.42 Å². The van der Waals surface area contributed by atoms with Gasteiger partial charge >= 0.3 is 0 Å². The first-order valence-corrected chi connectivity index (χ1v) is 27.2. The summed E-state index contributed by atoms with van der Waals surface area (Å²) in [7, 11) is 1.17. The summed E-state index contributed by atoms with van der Waals surface area (Å²) >= 11 is 0. The minimum Gasteiger partial charge on any atom is -0.756 e. The summed E-state index contributed by atoms with van der Waals surface area (Å²) in [5.41, 5.74) is 0. The number of likely N-dealkylation sites (N-methyl/N-ethyl adjacent to an activating group) is 1. The maximum Gasteiger partial charge on any atom is 0.268 e. The van der Waals surface area contributed by atoms with Crippen LogP contribution in [-0.2, 0) is 18.4 Å². The van der Waals surface area contributed by atoms with Gasteiger partial charge in [-0.1, -0.05) is 207 Å². The van der Waals surface area contributed by atoms with Crippen LogP contribution in [0.15, 0.2) is 109 Å². The monoisotopic (exact) mass is 925 g/mol. The van der Waals surface area contributed by atoms with E-state index >= 15 is 0 Å². The Kier molecular flexibility index (Phi) is 44.3. The molecule has 8 nitrogen and oxygen atoms in total. The Morgan fingerprint density at radius 3 is 1.42 bits per heavy atom. The Hall–Kier alpha value is -2.84. The highest BCUT2D eigenvalue weighted by molar-refractivity contribution is 7.45. The first-order valence-electron chi connectivity index (χ1n) is 25.7. The average molecular weight is 925 g/mol. The second-order valence-corrected chi connectivity index (χ2v) is 19.5. The SMILES string of the molecule is CC/C=C\C/C=C\C/C=C\C/C=C\C/C=C\C/C=C\CCC(=O)NC(COP(=O)([O-])OCC[N+](C)(C)C)C(O)/C=C/CC/C=C/CC/C=C/CCCCCCCCCCCCCCCC. The highest BCUT2D eigenvalue weighted by Gasteiger charge is 2.23. The van der Waals surface area contributed by atoms with E-state index in [1.807, 2.05) is 39.4 Å². The Bertz CT molecular complexity index is 1420. The Labute approximate surface area is 400 Å². The van der Waals surface area contributed by atoms with Crippen LogP contribution in [0.3, 0.4) is 0 Å². The van der Waals surface area contributed by atoms with Gasteiger partial charge in [-0.05, 0) is 83.5 Å². The minimum absolute atomic E-state index is 0.0287. The van der Waals surface area contributed by atoms with Crippen LogP contribution in [0, 0.1) is 0 Å². The molecular weight excluding hydrogens is 828 g/mol. The second kappa shape index (κ2) is 46.3. The molecule has 0 heterocycles.